The lowest BCUT2D eigenvalue weighted by molar-refractivity contribution is 0.0963. The molecule has 1 amide bonds. The average molecular weight is 291 g/mol. The Hall–Kier alpha value is -2.05. The molecule has 0 aliphatic carbocycles. The Balaban J connectivity index is 2.01. The van der Waals surface area contributed by atoms with Gasteiger partial charge in [-0.1, -0.05) is 0 Å². The minimum absolute atomic E-state index is 0.179. The minimum atomic E-state index is -0.584. The molecule has 0 spiro atoms. The Kier molecular flexibility index (Phi) is 4.60. The molecular formula is C14H17N3O2S. The van der Waals surface area contributed by atoms with Gasteiger partial charge in [-0.05, 0) is 40.6 Å². The number of carbonyl (C=O) groups is 1. The van der Waals surface area contributed by atoms with Gasteiger partial charge in [0.05, 0.1) is 17.5 Å². The lowest BCUT2D eigenvalue weighted by Crippen LogP contribution is -2.18. The van der Waals surface area contributed by atoms with Crippen molar-refractivity contribution in [3.63, 3.8) is 0 Å². The number of anilines is 2. The van der Waals surface area contributed by atoms with Crippen molar-refractivity contribution in [2.24, 2.45) is 0 Å². The van der Waals surface area contributed by atoms with Crippen LogP contribution in [0.2, 0.25) is 0 Å². The molecule has 5 nitrogen and oxygen atoms in total. The van der Waals surface area contributed by atoms with Crippen molar-refractivity contribution in [1.82, 2.24) is 5.32 Å². The lowest BCUT2D eigenvalue weighted by atomic mass is 10.1. The van der Waals surface area contributed by atoms with Crippen LogP contribution in [0.4, 0.5) is 11.4 Å². The van der Waals surface area contributed by atoms with Crippen molar-refractivity contribution >= 4 is 28.6 Å². The predicted molar refractivity (Wildman–Crippen MR) is 82.0 cm³/mol. The number of nitrogen functional groups attached to an aromatic ring is 1. The molecule has 0 bridgehead atoms. The van der Waals surface area contributed by atoms with Gasteiger partial charge < -0.3 is 21.5 Å². The molecule has 6 heteroatoms. The molecule has 0 saturated carbocycles. The fourth-order valence-corrected chi connectivity index (χ4v) is 2.51. The first-order chi connectivity index (χ1) is 9.61. The Morgan fingerprint density at radius 3 is 2.85 bits per heavy atom. The summed E-state index contributed by atoms with van der Waals surface area (Å²) in [6.45, 7) is 0.361. The number of amides is 1. The van der Waals surface area contributed by atoms with E-state index >= 15 is 0 Å². The fraction of sp³-hybridized carbons (Fsp3) is 0.214. The monoisotopic (exact) mass is 291 g/mol. The van der Waals surface area contributed by atoms with Crippen LogP contribution >= 0.6 is 11.3 Å². The van der Waals surface area contributed by atoms with Crippen LogP contribution in [0.3, 0.4) is 0 Å². The highest BCUT2D eigenvalue weighted by atomic mass is 32.1. The second kappa shape index (κ2) is 6.40. The number of rotatable bonds is 5. The molecule has 1 unspecified atom stereocenters. The van der Waals surface area contributed by atoms with E-state index in [2.05, 4.69) is 10.6 Å². The van der Waals surface area contributed by atoms with Gasteiger partial charge in [0.25, 0.3) is 5.91 Å². The smallest absolute Gasteiger partial charge is 0.251 e. The van der Waals surface area contributed by atoms with Crippen molar-refractivity contribution in [3.8, 4) is 0 Å². The van der Waals surface area contributed by atoms with E-state index in [1.807, 2.05) is 16.8 Å². The largest absolute Gasteiger partial charge is 0.397 e. The summed E-state index contributed by atoms with van der Waals surface area (Å²) < 4.78 is 0. The van der Waals surface area contributed by atoms with E-state index in [0.29, 0.717) is 23.5 Å². The van der Waals surface area contributed by atoms with Gasteiger partial charge in [-0.2, -0.15) is 11.3 Å². The van der Waals surface area contributed by atoms with E-state index in [-0.39, 0.29) is 5.91 Å². The van der Waals surface area contributed by atoms with E-state index in [9.17, 15) is 9.90 Å². The molecule has 0 radical (unpaired) electrons. The van der Waals surface area contributed by atoms with Crippen LogP contribution in [-0.4, -0.2) is 24.6 Å². The van der Waals surface area contributed by atoms with Gasteiger partial charge in [0.1, 0.15) is 0 Å². The Bertz CT molecular complexity index is 584. The highest BCUT2D eigenvalue weighted by molar-refractivity contribution is 7.07. The number of nitrogens with one attached hydrogen (secondary N) is 2. The first-order valence-electron chi connectivity index (χ1n) is 6.17. The number of aliphatic hydroxyl groups is 1. The van der Waals surface area contributed by atoms with Gasteiger partial charge in [-0.25, -0.2) is 0 Å². The number of thiophene rings is 1. The first kappa shape index (κ1) is 14.4. The van der Waals surface area contributed by atoms with Gasteiger partial charge in [0, 0.05) is 19.2 Å². The SMILES string of the molecule is CNC(=O)c1ccc(NCC(O)c2ccsc2)c(N)c1. The zero-order valence-electron chi connectivity index (χ0n) is 11.1. The fourth-order valence-electron chi connectivity index (χ4n) is 1.80. The molecule has 0 aliphatic heterocycles. The lowest BCUT2D eigenvalue weighted by Gasteiger charge is -2.14. The summed E-state index contributed by atoms with van der Waals surface area (Å²) in [4.78, 5) is 11.5. The van der Waals surface area contributed by atoms with Crippen molar-refractivity contribution in [3.05, 3.63) is 46.2 Å². The van der Waals surface area contributed by atoms with Crippen LogP contribution in [0.15, 0.2) is 35.0 Å². The maximum absolute atomic E-state index is 11.5. The molecule has 1 aromatic heterocycles. The van der Waals surface area contributed by atoms with Crippen LogP contribution in [0.25, 0.3) is 0 Å². The van der Waals surface area contributed by atoms with E-state index < -0.39 is 6.10 Å². The summed E-state index contributed by atoms with van der Waals surface area (Å²) >= 11 is 1.54. The highest BCUT2D eigenvalue weighted by Gasteiger charge is 2.10. The minimum Gasteiger partial charge on any atom is -0.397 e. The van der Waals surface area contributed by atoms with E-state index in [1.165, 1.54) is 0 Å². The zero-order chi connectivity index (χ0) is 14.5. The molecular weight excluding hydrogens is 274 g/mol. The number of hydrogen-bond donors (Lipinski definition) is 4. The number of carbonyl (C=O) groups excluding carboxylic acids is 1. The summed E-state index contributed by atoms with van der Waals surface area (Å²) in [6, 6.07) is 6.92. The van der Waals surface area contributed by atoms with Crippen LogP contribution in [-0.2, 0) is 0 Å². The van der Waals surface area contributed by atoms with E-state index in [0.717, 1.165) is 5.56 Å². The number of hydrogen-bond acceptors (Lipinski definition) is 5. The second-order valence-corrected chi connectivity index (χ2v) is 5.11. The van der Waals surface area contributed by atoms with Gasteiger partial charge in [-0.15, -0.1) is 0 Å². The van der Waals surface area contributed by atoms with Gasteiger partial charge in [0.15, 0.2) is 0 Å². The molecule has 106 valence electrons. The third kappa shape index (κ3) is 3.28. The number of aliphatic hydroxyl groups excluding tert-OH is 1. The van der Waals surface area contributed by atoms with Crippen LogP contribution < -0.4 is 16.4 Å². The third-order valence-corrected chi connectivity index (χ3v) is 3.66. The molecule has 0 saturated heterocycles. The summed E-state index contributed by atoms with van der Waals surface area (Å²) in [5, 5.41) is 19.4. The van der Waals surface area contributed by atoms with Gasteiger partial charge in [-0.3, -0.25) is 4.79 Å². The van der Waals surface area contributed by atoms with Crippen molar-refractivity contribution in [2.45, 2.75) is 6.10 Å². The van der Waals surface area contributed by atoms with Gasteiger partial charge in [0.2, 0.25) is 0 Å². The zero-order valence-corrected chi connectivity index (χ0v) is 11.9. The van der Waals surface area contributed by atoms with E-state index in [1.54, 1.807) is 36.6 Å². The Morgan fingerprint density at radius 2 is 2.25 bits per heavy atom. The molecule has 20 heavy (non-hydrogen) atoms. The molecule has 5 N–H and O–H groups in total. The number of benzene rings is 1. The van der Waals surface area contributed by atoms with Crippen molar-refractivity contribution < 1.29 is 9.90 Å². The van der Waals surface area contributed by atoms with Crippen molar-refractivity contribution in [2.75, 3.05) is 24.6 Å². The van der Waals surface area contributed by atoms with Crippen molar-refractivity contribution in [1.29, 1.82) is 0 Å². The summed E-state index contributed by atoms with van der Waals surface area (Å²) in [6.07, 6.45) is -0.584. The third-order valence-electron chi connectivity index (χ3n) is 2.95. The average Bonchev–Trinajstić information content (AvgIpc) is 2.99. The van der Waals surface area contributed by atoms with E-state index in [4.69, 9.17) is 5.73 Å². The quantitative estimate of drug-likeness (QED) is 0.633. The molecule has 1 heterocycles. The van der Waals surface area contributed by atoms with Crippen LogP contribution in [0.1, 0.15) is 22.0 Å². The second-order valence-electron chi connectivity index (χ2n) is 4.33. The molecule has 0 fully saturated rings. The highest BCUT2D eigenvalue weighted by Crippen LogP contribution is 2.22. The molecule has 2 rings (SSSR count). The molecule has 1 atom stereocenters. The summed E-state index contributed by atoms with van der Waals surface area (Å²) in [7, 11) is 1.57. The normalized spacial score (nSPS) is 11.9. The Labute approximate surface area is 121 Å². The van der Waals surface area contributed by atoms with Crippen LogP contribution in [0.5, 0.6) is 0 Å². The topological polar surface area (TPSA) is 87.4 Å². The molecule has 2 aromatic rings. The predicted octanol–water partition coefficient (Wildman–Crippen LogP) is 1.84. The first-order valence-corrected chi connectivity index (χ1v) is 7.11. The van der Waals surface area contributed by atoms with Gasteiger partial charge >= 0.3 is 0 Å². The van der Waals surface area contributed by atoms with Crippen LogP contribution in [0, 0.1) is 0 Å². The summed E-state index contributed by atoms with van der Waals surface area (Å²) in [5.41, 5.74) is 8.46. The molecule has 1 aromatic carbocycles. The maximum atomic E-state index is 11.5. The number of nitrogens with two attached hydrogens (primary N) is 1. The summed E-state index contributed by atoms with van der Waals surface area (Å²) in [5.74, 6) is -0.179. The maximum Gasteiger partial charge on any atom is 0.251 e. The molecule has 0 aliphatic rings. The standard InChI is InChI=1S/C14H17N3O2S/c1-16-14(19)9-2-3-12(11(15)6-9)17-7-13(18)10-4-5-20-8-10/h2-6,8,13,17-18H,7,15H2,1H3,(H,16,19). The Morgan fingerprint density at radius 1 is 1.45 bits per heavy atom.